The second-order valence-electron chi connectivity index (χ2n) is 7.87. The number of rotatable bonds is 2. The largest absolute Gasteiger partial charge is 0.0620 e. The summed E-state index contributed by atoms with van der Waals surface area (Å²) in [5, 5.41) is 0. The fraction of sp³-hybridized carbons (Fsp3) is 0.143. The Bertz CT molecular complexity index is 1160. The topological polar surface area (TPSA) is 0 Å². The van der Waals surface area contributed by atoms with Crippen LogP contribution in [0.5, 0.6) is 0 Å². The van der Waals surface area contributed by atoms with E-state index in [1.807, 2.05) is 0 Å². The molecular weight excluding hydrogens is 336 g/mol. The number of hydrogen-bond acceptors (Lipinski definition) is 0. The van der Waals surface area contributed by atoms with E-state index < -0.39 is 0 Å². The summed E-state index contributed by atoms with van der Waals surface area (Å²) in [6.45, 7) is 4.39. The molecule has 0 saturated heterocycles. The maximum absolute atomic E-state index is 2.39. The number of aryl methyl sites for hydroxylation is 4. The van der Waals surface area contributed by atoms with Gasteiger partial charge in [-0.2, -0.15) is 0 Å². The zero-order valence-corrected chi connectivity index (χ0v) is 16.5. The van der Waals surface area contributed by atoms with Crippen molar-refractivity contribution < 1.29 is 0 Å². The Labute approximate surface area is 167 Å². The van der Waals surface area contributed by atoms with E-state index in [4.69, 9.17) is 0 Å². The summed E-state index contributed by atoms with van der Waals surface area (Å²) < 4.78 is 0. The highest BCUT2D eigenvalue weighted by atomic mass is 14.2. The molecule has 0 bridgehead atoms. The molecule has 1 aliphatic carbocycles. The van der Waals surface area contributed by atoms with Gasteiger partial charge in [-0.3, -0.25) is 0 Å². The summed E-state index contributed by atoms with van der Waals surface area (Å²) in [6.07, 6.45) is 2.28. The maximum atomic E-state index is 2.39. The van der Waals surface area contributed by atoms with Crippen molar-refractivity contribution in [3.63, 3.8) is 0 Å². The highest BCUT2D eigenvalue weighted by molar-refractivity contribution is 5.81. The summed E-state index contributed by atoms with van der Waals surface area (Å²) in [5.41, 5.74) is 13.6. The molecule has 28 heavy (non-hydrogen) atoms. The second kappa shape index (κ2) is 6.80. The second-order valence-corrected chi connectivity index (χ2v) is 7.87. The highest BCUT2D eigenvalue weighted by Gasteiger charge is 2.16. The van der Waals surface area contributed by atoms with Crippen LogP contribution in [0.1, 0.15) is 22.3 Å². The van der Waals surface area contributed by atoms with Gasteiger partial charge in [0.1, 0.15) is 0 Å². The van der Waals surface area contributed by atoms with Gasteiger partial charge in [-0.1, -0.05) is 72.8 Å². The zero-order chi connectivity index (χ0) is 19.1. The van der Waals surface area contributed by atoms with Gasteiger partial charge in [0.2, 0.25) is 0 Å². The van der Waals surface area contributed by atoms with Crippen LogP contribution >= 0.6 is 0 Å². The van der Waals surface area contributed by atoms with E-state index in [2.05, 4.69) is 98.8 Å². The van der Waals surface area contributed by atoms with Crippen molar-refractivity contribution in [2.75, 3.05) is 0 Å². The first-order chi connectivity index (χ1) is 13.7. The van der Waals surface area contributed by atoms with Crippen molar-refractivity contribution in [2.24, 2.45) is 0 Å². The van der Waals surface area contributed by atoms with Crippen LogP contribution in [0.4, 0.5) is 0 Å². The molecule has 0 heteroatoms. The average molecular weight is 361 g/mol. The van der Waals surface area contributed by atoms with Crippen molar-refractivity contribution in [1.29, 1.82) is 0 Å². The Morgan fingerprint density at radius 1 is 0.464 bits per heavy atom. The summed E-state index contributed by atoms with van der Waals surface area (Å²) >= 11 is 0. The normalized spacial score (nSPS) is 12.4. The molecule has 136 valence electrons. The average Bonchev–Trinajstić information content (AvgIpc) is 2.74. The molecule has 0 radical (unpaired) electrons. The Morgan fingerprint density at radius 3 is 1.82 bits per heavy atom. The van der Waals surface area contributed by atoms with Gasteiger partial charge < -0.3 is 0 Å². The summed E-state index contributed by atoms with van der Waals surface area (Å²) in [7, 11) is 0. The standard InChI is InChI=1S/C28H24/c1-19-7-3-5-9-25(19)27-17-23(12-11-20(27)2)24-16-15-22-14-13-21-8-4-6-10-26(21)28(22)18-24/h3-12,15-18H,13-14H2,1-2H3. The Balaban J connectivity index is 1.64. The predicted octanol–water partition coefficient (Wildman–Crippen LogP) is 7.40. The van der Waals surface area contributed by atoms with Crippen molar-refractivity contribution in [3.8, 4) is 33.4 Å². The first-order valence-corrected chi connectivity index (χ1v) is 10.1. The van der Waals surface area contributed by atoms with Crippen LogP contribution in [0.15, 0.2) is 84.9 Å². The van der Waals surface area contributed by atoms with E-state index in [0.29, 0.717) is 0 Å². The molecule has 4 aromatic carbocycles. The Morgan fingerprint density at radius 2 is 1.04 bits per heavy atom. The monoisotopic (exact) mass is 360 g/mol. The van der Waals surface area contributed by atoms with Gasteiger partial charge in [0.05, 0.1) is 0 Å². The molecule has 0 saturated carbocycles. The van der Waals surface area contributed by atoms with Gasteiger partial charge in [0.15, 0.2) is 0 Å². The molecule has 0 heterocycles. The van der Waals surface area contributed by atoms with Gasteiger partial charge in [0.25, 0.3) is 0 Å². The van der Waals surface area contributed by atoms with Crippen LogP contribution in [0.25, 0.3) is 33.4 Å². The highest BCUT2D eigenvalue weighted by Crippen LogP contribution is 2.37. The van der Waals surface area contributed by atoms with Crippen molar-refractivity contribution >= 4 is 0 Å². The van der Waals surface area contributed by atoms with Crippen LogP contribution in [0, 0.1) is 13.8 Å². The van der Waals surface area contributed by atoms with Crippen molar-refractivity contribution in [2.45, 2.75) is 26.7 Å². The van der Waals surface area contributed by atoms with Gasteiger partial charge in [-0.25, -0.2) is 0 Å². The van der Waals surface area contributed by atoms with Gasteiger partial charge in [-0.05, 0) is 94.5 Å². The van der Waals surface area contributed by atoms with E-state index in [1.54, 1.807) is 0 Å². The fourth-order valence-corrected chi connectivity index (χ4v) is 4.46. The zero-order valence-electron chi connectivity index (χ0n) is 16.5. The Hall–Kier alpha value is -3.12. The molecule has 0 N–H and O–H groups in total. The first kappa shape index (κ1) is 17.0. The third-order valence-corrected chi connectivity index (χ3v) is 6.09. The van der Waals surface area contributed by atoms with Crippen molar-refractivity contribution in [1.82, 2.24) is 0 Å². The fourth-order valence-electron chi connectivity index (χ4n) is 4.46. The van der Waals surface area contributed by atoms with E-state index in [1.165, 1.54) is 55.6 Å². The number of benzene rings is 4. The summed E-state index contributed by atoms with van der Waals surface area (Å²) in [6, 6.07) is 31.4. The summed E-state index contributed by atoms with van der Waals surface area (Å²) in [4.78, 5) is 0. The van der Waals surface area contributed by atoms with E-state index in [-0.39, 0.29) is 0 Å². The minimum absolute atomic E-state index is 1.13. The first-order valence-electron chi connectivity index (χ1n) is 10.1. The molecule has 0 aromatic heterocycles. The molecule has 0 amide bonds. The van der Waals surface area contributed by atoms with E-state index in [0.717, 1.165) is 12.8 Å². The third kappa shape index (κ3) is 2.86. The minimum Gasteiger partial charge on any atom is -0.0620 e. The van der Waals surface area contributed by atoms with Crippen LogP contribution in [0.3, 0.4) is 0 Å². The number of hydrogen-bond donors (Lipinski definition) is 0. The molecule has 4 aromatic rings. The van der Waals surface area contributed by atoms with Crippen LogP contribution in [0.2, 0.25) is 0 Å². The van der Waals surface area contributed by atoms with E-state index in [9.17, 15) is 0 Å². The lowest BCUT2D eigenvalue weighted by molar-refractivity contribution is 0.942. The Kier molecular flexibility index (Phi) is 4.13. The van der Waals surface area contributed by atoms with Crippen LogP contribution < -0.4 is 0 Å². The number of fused-ring (bicyclic) bond motifs is 3. The van der Waals surface area contributed by atoms with Crippen LogP contribution in [-0.4, -0.2) is 0 Å². The molecule has 0 unspecified atom stereocenters. The smallest absolute Gasteiger partial charge is 0.0143 e. The van der Waals surface area contributed by atoms with Gasteiger partial charge in [-0.15, -0.1) is 0 Å². The molecule has 1 aliphatic rings. The van der Waals surface area contributed by atoms with Crippen molar-refractivity contribution in [3.05, 3.63) is 107 Å². The molecule has 0 aliphatic heterocycles. The van der Waals surface area contributed by atoms with Crippen LogP contribution in [-0.2, 0) is 12.8 Å². The lowest BCUT2D eigenvalue weighted by Gasteiger charge is -2.21. The molecular formula is C28H24. The lowest BCUT2D eigenvalue weighted by Crippen LogP contribution is -2.03. The molecule has 0 nitrogen and oxygen atoms in total. The minimum atomic E-state index is 1.13. The van der Waals surface area contributed by atoms with E-state index >= 15 is 0 Å². The maximum Gasteiger partial charge on any atom is -0.0143 e. The molecule has 0 atom stereocenters. The summed E-state index contributed by atoms with van der Waals surface area (Å²) in [5.74, 6) is 0. The third-order valence-electron chi connectivity index (χ3n) is 6.09. The van der Waals surface area contributed by atoms with Gasteiger partial charge >= 0.3 is 0 Å². The molecule has 5 rings (SSSR count). The quantitative estimate of drug-likeness (QED) is 0.349. The molecule has 0 spiro atoms. The lowest BCUT2D eigenvalue weighted by atomic mass is 9.84. The van der Waals surface area contributed by atoms with Gasteiger partial charge in [0, 0.05) is 0 Å². The predicted molar refractivity (Wildman–Crippen MR) is 120 cm³/mol. The molecule has 0 fully saturated rings. The SMILES string of the molecule is Cc1ccccc1-c1cc(-c2ccc3c(c2)-c2ccccc2CC3)ccc1C.